The Kier molecular flexibility index (Phi) is 16.8. The van der Waals surface area contributed by atoms with Crippen molar-refractivity contribution in [3.63, 3.8) is 0 Å². The molecule has 2 aromatic carbocycles. The standard InChI is InChI=1S/C45H71N3O10S/c1-11-16-29(4)34-24-32(7)56-39(25-34)58-41-30(5)23-31(6)42(50)57-38(12-2)45(10,53)40(49)33(8)48(27-28(3)26-44(41,9)52)43(51)46-35-19-21-37(22-20-35)59(54,55)47-36-17-14-13-15-18-36/h13-15,17-22,28-34,38-41,47,49,52-53H,11-12,16,23-27H2,1-10H3,(H,46,51)/t28-,29?,30+,31-,32-,33-,34+,38-,39+,40-,41-,44-,45-/m1/s1. The number of carbonyl (C=O) groups is 2. The summed E-state index contributed by atoms with van der Waals surface area (Å²) in [5.74, 6) is -1.01. The van der Waals surface area contributed by atoms with Gasteiger partial charge in [0.25, 0.3) is 10.0 Å². The molecule has 0 radical (unpaired) electrons. The van der Waals surface area contributed by atoms with Crippen LogP contribution < -0.4 is 10.0 Å². The van der Waals surface area contributed by atoms with Gasteiger partial charge in [0.05, 0.1) is 34.7 Å². The molecular weight excluding hydrogens is 775 g/mol. The number of amides is 2. The van der Waals surface area contributed by atoms with Crippen LogP contribution in [-0.4, -0.2) is 95.1 Å². The van der Waals surface area contributed by atoms with Gasteiger partial charge in [0.1, 0.15) is 17.8 Å². The summed E-state index contributed by atoms with van der Waals surface area (Å²) < 4.78 is 47.7. The molecule has 0 aliphatic carbocycles. The van der Waals surface area contributed by atoms with Gasteiger partial charge in [0.15, 0.2) is 6.29 Å². The molecule has 2 aromatic rings. The molecule has 2 saturated heterocycles. The number of nitrogens with zero attached hydrogens (tertiary/aromatic N) is 1. The van der Waals surface area contributed by atoms with Crippen LogP contribution in [0.25, 0.3) is 0 Å². The third-order valence-electron chi connectivity index (χ3n) is 12.4. The van der Waals surface area contributed by atoms with Gasteiger partial charge in [-0.15, -0.1) is 0 Å². The zero-order valence-corrected chi connectivity index (χ0v) is 37.6. The van der Waals surface area contributed by atoms with Crippen LogP contribution >= 0.6 is 0 Å². The first-order valence-electron chi connectivity index (χ1n) is 21.5. The highest BCUT2D eigenvalue weighted by Crippen LogP contribution is 2.39. The van der Waals surface area contributed by atoms with E-state index < -0.39 is 69.8 Å². The Labute approximate surface area is 352 Å². The number of hydrogen-bond acceptors (Lipinski definition) is 10. The Hall–Kier alpha value is -3.27. The first kappa shape index (κ1) is 48.4. The Balaban J connectivity index is 1.65. The van der Waals surface area contributed by atoms with Crippen LogP contribution in [0.5, 0.6) is 0 Å². The van der Waals surface area contributed by atoms with Gasteiger partial charge < -0.3 is 39.7 Å². The van der Waals surface area contributed by atoms with Crippen LogP contribution in [0, 0.1) is 29.6 Å². The summed E-state index contributed by atoms with van der Waals surface area (Å²) in [6, 6.07) is 12.5. The summed E-state index contributed by atoms with van der Waals surface area (Å²) in [4.78, 5) is 29.3. The van der Waals surface area contributed by atoms with Crippen LogP contribution in [0.2, 0.25) is 0 Å². The van der Waals surface area contributed by atoms with Crippen molar-refractivity contribution in [3.05, 3.63) is 54.6 Å². The molecule has 13 atom stereocenters. The molecule has 2 aliphatic rings. The minimum absolute atomic E-state index is 0.0104. The summed E-state index contributed by atoms with van der Waals surface area (Å²) in [7, 11) is -3.91. The summed E-state index contributed by atoms with van der Waals surface area (Å²) in [6.45, 7) is 18.6. The van der Waals surface area contributed by atoms with Crippen molar-refractivity contribution >= 4 is 33.4 Å². The number of aliphatic hydroxyl groups is 3. The van der Waals surface area contributed by atoms with E-state index in [0.717, 1.165) is 19.3 Å². The lowest BCUT2D eigenvalue weighted by Crippen LogP contribution is -2.61. The third-order valence-corrected chi connectivity index (χ3v) is 13.8. The lowest BCUT2D eigenvalue weighted by Gasteiger charge is -2.44. The van der Waals surface area contributed by atoms with E-state index in [1.807, 2.05) is 20.8 Å². The van der Waals surface area contributed by atoms with Gasteiger partial charge in [-0.1, -0.05) is 72.6 Å². The highest BCUT2D eigenvalue weighted by atomic mass is 32.2. The van der Waals surface area contributed by atoms with E-state index in [9.17, 15) is 33.3 Å². The summed E-state index contributed by atoms with van der Waals surface area (Å²) in [5, 5.41) is 38.9. The van der Waals surface area contributed by atoms with Gasteiger partial charge in [0.2, 0.25) is 0 Å². The number of carbonyl (C=O) groups excluding carboxylic acids is 2. The zero-order chi connectivity index (χ0) is 43.9. The third kappa shape index (κ3) is 12.6. The molecule has 4 rings (SSSR count). The molecule has 2 fully saturated rings. The highest BCUT2D eigenvalue weighted by molar-refractivity contribution is 7.92. The van der Waals surface area contributed by atoms with Gasteiger partial charge in [-0.3, -0.25) is 9.52 Å². The fraction of sp³-hybridized carbons (Fsp3) is 0.689. The largest absolute Gasteiger partial charge is 0.459 e. The van der Waals surface area contributed by atoms with E-state index in [-0.39, 0.29) is 42.2 Å². The predicted molar refractivity (Wildman–Crippen MR) is 229 cm³/mol. The van der Waals surface area contributed by atoms with Gasteiger partial charge in [-0.2, -0.15) is 0 Å². The Bertz CT molecular complexity index is 1760. The highest BCUT2D eigenvalue weighted by Gasteiger charge is 2.48. The van der Waals surface area contributed by atoms with E-state index in [2.05, 4.69) is 23.9 Å². The average Bonchev–Trinajstić information content (AvgIpc) is 3.16. The zero-order valence-electron chi connectivity index (χ0n) is 36.8. The van der Waals surface area contributed by atoms with E-state index in [4.69, 9.17) is 14.2 Å². The maximum atomic E-state index is 14.2. The fourth-order valence-electron chi connectivity index (χ4n) is 9.23. The molecule has 2 heterocycles. The van der Waals surface area contributed by atoms with Crippen molar-refractivity contribution in [2.24, 2.45) is 29.6 Å². The topological polar surface area (TPSA) is 184 Å². The second-order valence-electron chi connectivity index (χ2n) is 18.0. The molecular formula is C45H71N3O10S. The molecule has 59 heavy (non-hydrogen) atoms. The van der Waals surface area contributed by atoms with Crippen molar-refractivity contribution in [1.29, 1.82) is 0 Å². The van der Waals surface area contributed by atoms with Crippen LogP contribution in [0.1, 0.15) is 114 Å². The molecule has 2 aliphatic heterocycles. The van der Waals surface area contributed by atoms with Gasteiger partial charge in [0, 0.05) is 24.3 Å². The smallest absolute Gasteiger partial charge is 0.322 e. The average molecular weight is 846 g/mol. The lowest BCUT2D eigenvalue weighted by molar-refractivity contribution is -0.264. The van der Waals surface area contributed by atoms with Crippen molar-refractivity contribution in [3.8, 4) is 0 Å². The molecule has 332 valence electrons. The van der Waals surface area contributed by atoms with Gasteiger partial charge in [-0.25, -0.2) is 13.2 Å². The molecule has 0 saturated carbocycles. The number of hydrogen-bond donors (Lipinski definition) is 5. The summed E-state index contributed by atoms with van der Waals surface area (Å²) >= 11 is 0. The van der Waals surface area contributed by atoms with E-state index >= 15 is 0 Å². The number of aliphatic hydroxyl groups excluding tert-OH is 1. The molecule has 0 aromatic heterocycles. The number of benzene rings is 2. The molecule has 5 N–H and O–H groups in total. The number of cyclic esters (lactones) is 1. The summed E-state index contributed by atoms with van der Waals surface area (Å²) in [5.41, 5.74) is -2.71. The normalized spacial score (nSPS) is 34.8. The first-order valence-corrected chi connectivity index (χ1v) is 23.0. The second-order valence-corrected chi connectivity index (χ2v) is 19.7. The maximum absolute atomic E-state index is 14.2. The Morgan fingerprint density at radius 3 is 2.22 bits per heavy atom. The number of sulfonamides is 1. The van der Waals surface area contributed by atoms with Crippen LogP contribution in [0.4, 0.5) is 16.2 Å². The first-order chi connectivity index (χ1) is 27.6. The maximum Gasteiger partial charge on any atom is 0.322 e. The van der Waals surface area contributed by atoms with E-state index in [0.29, 0.717) is 36.1 Å². The van der Waals surface area contributed by atoms with Crippen LogP contribution in [0.3, 0.4) is 0 Å². The number of esters is 1. The number of urea groups is 1. The fourth-order valence-corrected chi connectivity index (χ4v) is 10.3. The van der Waals surface area contributed by atoms with Crippen molar-refractivity contribution < 1.29 is 47.5 Å². The van der Waals surface area contributed by atoms with Crippen molar-refractivity contribution in [1.82, 2.24) is 4.90 Å². The number of anilines is 2. The minimum Gasteiger partial charge on any atom is -0.459 e. The minimum atomic E-state index is -3.91. The predicted octanol–water partition coefficient (Wildman–Crippen LogP) is 7.56. The van der Waals surface area contributed by atoms with Crippen molar-refractivity contribution in [2.45, 2.75) is 167 Å². The van der Waals surface area contributed by atoms with Crippen molar-refractivity contribution in [2.75, 3.05) is 16.6 Å². The van der Waals surface area contributed by atoms with E-state index in [1.54, 1.807) is 58.0 Å². The molecule has 2 amide bonds. The Morgan fingerprint density at radius 1 is 0.966 bits per heavy atom. The van der Waals surface area contributed by atoms with Gasteiger partial charge in [-0.05, 0) is 113 Å². The van der Waals surface area contributed by atoms with Crippen LogP contribution in [-0.2, 0) is 29.0 Å². The Morgan fingerprint density at radius 2 is 1.61 bits per heavy atom. The van der Waals surface area contributed by atoms with E-state index in [1.165, 1.54) is 36.1 Å². The molecule has 0 bridgehead atoms. The number of rotatable bonds is 10. The monoisotopic (exact) mass is 845 g/mol. The number of nitrogens with one attached hydrogen (secondary N) is 2. The molecule has 13 nitrogen and oxygen atoms in total. The van der Waals surface area contributed by atoms with Gasteiger partial charge >= 0.3 is 12.0 Å². The molecule has 0 spiro atoms. The number of para-hydroxylation sites is 1. The molecule has 1 unspecified atom stereocenters. The summed E-state index contributed by atoms with van der Waals surface area (Å²) in [6.07, 6.45) is 0.462. The lowest BCUT2D eigenvalue weighted by atomic mass is 9.79. The second kappa shape index (κ2) is 20.5. The number of ether oxygens (including phenoxy) is 3. The SMILES string of the molecule is CCCC(C)[C@@H]1C[C@H](O[C@@H]2[C@@H](C)C[C@@H](C)C(=O)O[C@H](CC)[C@@](C)(O)[C@H](O)[C@@H](C)N(C(=O)Nc3ccc(S(=O)(=O)Nc4ccccc4)cc3)C[C@H](C)C[C@@]2(C)O)O[C@H](C)C1. The quantitative estimate of drug-likeness (QED) is 0.150. The van der Waals surface area contributed by atoms with Crippen LogP contribution in [0.15, 0.2) is 59.5 Å². The molecule has 14 heteroatoms.